The second kappa shape index (κ2) is 3.46. The normalized spacial score (nSPS) is 10.1. The predicted molar refractivity (Wildman–Crippen MR) is 56.6 cm³/mol. The van der Waals surface area contributed by atoms with E-state index in [0.717, 1.165) is 22.8 Å². The molecule has 0 saturated carbocycles. The van der Waals surface area contributed by atoms with Crippen LogP contribution >= 0.6 is 0 Å². The molecule has 2 rings (SSSR count). The van der Waals surface area contributed by atoms with Gasteiger partial charge in [0.1, 0.15) is 5.82 Å². The molecular formula is C11H11N3. The summed E-state index contributed by atoms with van der Waals surface area (Å²) in [5, 5.41) is 6.89. The molecule has 0 unspecified atom stereocenters. The number of nitrogens with zero attached hydrogens (tertiary/aromatic N) is 2. The Morgan fingerprint density at radius 2 is 2.00 bits per heavy atom. The number of H-pyrrole nitrogens is 1. The Labute approximate surface area is 82.5 Å². The smallest absolute Gasteiger partial charge is 0.181 e. The van der Waals surface area contributed by atoms with Crippen molar-refractivity contribution in [1.82, 2.24) is 15.2 Å². The summed E-state index contributed by atoms with van der Waals surface area (Å²) in [7, 11) is 0. The zero-order valence-corrected chi connectivity index (χ0v) is 7.99. The number of hydrogen-bond donors (Lipinski definition) is 1. The molecule has 1 aromatic heterocycles. The quantitative estimate of drug-likeness (QED) is 0.780. The summed E-state index contributed by atoms with van der Waals surface area (Å²) >= 11 is 0. The monoisotopic (exact) mass is 185 g/mol. The Bertz CT molecular complexity index is 440. The average Bonchev–Trinajstić information content (AvgIpc) is 2.65. The van der Waals surface area contributed by atoms with Crippen molar-refractivity contribution in [2.75, 3.05) is 0 Å². The predicted octanol–water partition coefficient (Wildman–Crippen LogP) is 2.42. The van der Waals surface area contributed by atoms with Crippen LogP contribution in [0.2, 0.25) is 0 Å². The van der Waals surface area contributed by atoms with Crippen molar-refractivity contribution in [2.45, 2.75) is 6.92 Å². The topological polar surface area (TPSA) is 41.6 Å². The van der Waals surface area contributed by atoms with Crippen LogP contribution < -0.4 is 0 Å². The van der Waals surface area contributed by atoms with Gasteiger partial charge in [-0.3, -0.25) is 5.10 Å². The number of rotatable bonds is 2. The lowest BCUT2D eigenvalue weighted by Crippen LogP contribution is -1.80. The van der Waals surface area contributed by atoms with Gasteiger partial charge in [0, 0.05) is 5.56 Å². The average molecular weight is 185 g/mol. The van der Waals surface area contributed by atoms with E-state index in [1.165, 1.54) is 0 Å². The Hall–Kier alpha value is -1.90. The first-order valence-electron chi connectivity index (χ1n) is 4.41. The molecular weight excluding hydrogens is 174 g/mol. The highest BCUT2D eigenvalue weighted by molar-refractivity contribution is 5.58. The molecule has 0 aliphatic carbocycles. The van der Waals surface area contributed by atoms with Gasteiger partial charge in [-0.25, -0.2) is 4.98 Å². The van der Waals surface area contributed by atoms with Crippen LogP contribution in [0.25, 0.3) is 17.5 Å². The number of aromatic nitrogens is 3. The Morgan fingerprint density at radius 3 is 2.50 bits per heavy atom. The number of aryl methyl sites for hydroxylation is 1. The zero-order valence-electron chi connectivity index (χ0n) is 7.99. The van der Waals surface area contributed by atoms with Crippen LogP contribution in [0.1, 0.15) is 11.4 Å². The Morgan fingerprint density at radius 1 is 1.29 bits per heavy atom. The molecule has 0 saturated heterocycles. The third-order valence-corrected chi connectivity index (χ3v) is 2.00. The third kappa shape index (κ3) is 1.57. The fourth-order valence-corrected chi connectivity index (χ4v) is 1.24. The minimum absolute atomic E-state index is 0.734. The molecule has 2 aromatic rings. The van der Waals surface area contributed by atoms with Gasteiger partial charge >= 0.3 is 0 Å². The Balaban J connectivity index is 2.38. The molecule has 0 aliphatic heterocycles. The standard InChI is InChI=1S/C11H11N3/c1-3-9-4-6-10(7-5-9)11-12-8(2)13-14-11/h3-7H,1H2,2H3,(H,12,13,14). The van der Waals surface area contributed by atoms with Gasteiger partial charge in [0.05, 0.1) is 0 Å². The minimum Gasteiger partial charge on any atom is -0.263 e. The summed E-state index contributed by atoms with van der Waals surface area (Å²) in [6, 6.07) is 7.96. The van der Waals surface area contributed by atoms with Crippen LogP contribution in [0, 0.1) is 6.92 Å². The third-order valence-electron chi connectivity index (χ3n) is 2.00. The zero-order chi connectivity index (χ0) is 9.97. The molecule has 0 atom stereocenters. The first-order chi connectivity index (χ1) is 6.79. The molecule has 3 nitrogen and oxygen atoms in total. The molecule has 0 spiro atoms. The van der Waals surface area contributed by atoms with Gasteiger partial charge in [0.15, 0.2) is 5.82 Å². The summed E-state index contributed by atoms with van der Waals surface area (Å²) in [6.45, 7) is 5.58. The molecule has 1 aromatic carbocycles. The van der Waals surface area contributed by atoms with E-state index in [4.69, 9.17) is 0 Å². The number of hydrogen-bond acceptors (Lipinski definition) is 2. The number of aromatic amines is 1. The molecule has 14 heavy (non-hydrogen) atoms. The van der Waals surface area contributed by atoms with Crippen molar-refractivity contribution in [3.05, 3.63) is 42.2 Å². The van der Waals surface area contributed by atoms with Crippen molar-refractivity contribution in [1.29, 1.82) is 0 Å². The van der Waals surface area contributed by atoms with Crippen molar-refractivity contribution < 1.29 is 0 Å². The Kier molecular flexibility index (Phi) is 2.14. The van der Waals surface area contributed by atoms with Gasteiger partial charge in [-0.15, -0.1) is 0 Å². The van der Waals surface area contributed by atoms with Crippen LogP contribution in [0.3, 0.4) is 0 Å². The van der Waals surface area contributed by atoms with Crippen LogP contribution in [0.15, 0.2) is 30.8 Å². The molecule has 0 radical (unpaired) electrons. The van der Waals surface area contributed by atoms with E-state index in [-0.39, 0.29) is 0 Å². The van der Waals surface area contributed by atoms with Crippen LogP contribution in [-0.4, -0.2) is 15.2 Å². The van der Waals surface area contributed by atoms with E-state index in [2.05, 4.69) is 21.8 Å². The SMILES string of the molecule is C=Cc1ccc(-c2n[nH]c(C)n2)cc1. The van der Waals surface area contributed by atoms with Crippen molar-refractivity contribution in [2.24, 2.45) is 0 Å². The first kappa shape index (κ1) is 8.69. The minimum atomic E-state index is 0.734. The summed E-state index contributed by atoms with van der Waals surface area (Å²) < 4.78 is 0. The highest BCUT2D eigenvalue weighted by atomic mass is 15.2. The van der Waals surface area contributed by atoms with Gasteiger partial charge in [-0.1, -0.05) is 36.9 Å². The van der Waals surface area contributed by atoms with E-state index < -0.39 is 0 Å². The second-order valence-electron chi connectivity index (χ2n) is 3.07. The summed E-state index contributed by atoms with van der Waals surface area (Å²) in [6.07, 6.45) is 1.81. The lowest BCUT2D eigenvalue weighted by atomic mass is 10.1. The van der Waals surface area contributed by atoms with Gasteiger partial charge in [-0.05, 0) is 12.5 Å². The van der Waals surface area contributed by atoms with Crippen molar-refractivity contribution in [3.63, 3.8) is 0 Å². The van der Waals surface area contributed by atoms with E-state index >= 15 is 0 Å². The lowest BCUT2D eigenvalue weighted by molar-refractivity contribution is 1.04. The van der Waals surface area contributed by atoms with E-state index in [1.807, 2.05) is 37.3 Å². The van der Waals surface area contributed by atoms with Crippen LogP contribution in [-0.2, 0) is 0 Å². The fourth-order valence-electron chi connectivity index (χ4n) is 1.24. The van der Waals surface area contributed by atoms with E-state index in [0.29, 0.717) is 0 Å². The lowest BCUT2D eigenvalue weighted by Gasteiger charge is -1.95. The van der Waals surface area contributed by atoms with Gasteiger partial charge in [-0.2, -0.15) is 5.10 Å². The molecule has 1 N–H and O–H groups in total. The fraction of sp³-hybridized carbons (Fsp3) is 0.0909. The molecule has 1 heterocycles. The van der Waals surface area contributed by atoms with Gasteiger partial charge in [0.25, 0.3) is 0 Å². The summed E-state index contributed by atoms with van der Waals surface area (Å²) in [5.74, 6) is 1.56. The van der Waals surface area contributed by atoms with Gasteiger partial charge < -0.3 is 0 Å². The summed E-state index contributed by atoms with van der Waals surface area (Å²) in [4.78, 5) is 4.24. The van der Waals surface area contributed by atoms with Crippen LogP contribution in [0.5, 0.6) is 0 Å². The maximum atomic E-state index is 4.24. The first-order valence-corrected chi connectivity index (χ1v) is 4.41. The molecule has 0 bridgehead atoms. The molecule has 0 amide bonds. The van der Waals surface area contributed by atoms with Crippen molar-refractivity contribution in [3.8, 4) is 11.4 Å². The molecule has 3 heteroatoms. The highest BCUT2D eigenvalue weighted by Crippen LogP contribution is 2.15. The summed E-state index contributed by atoms with van der Waals surface area (Å²) in [5.41, 5.74) is 2.11. The molecule has 0 fully saturated rings. The van der Waals surface area contributed by atoms with E-state index in [1.54, 1.807) is 0 Å². The largest absolute Gasteiger partial charge is 0.263 e. The number of benzene rings is 1. The van der Waals surface area contributed by atoms with Crippen LogP contribution in [0.4, 0.5) is 0 Å². The van der Waals surface area contributed by atoms with Crippen molar-refractivity contribution >= 4 is 6.08 Å². The maximum absolute atomic E-state index is 4.24. The van der Waals surface area contributed by atoms with Gasteiger partial charge in [0.2, 0.25) is 0 Å². The molecule has 70 valence electrons. The second-order valence-corrected chi connectivity index (χ2v) is 3.07. The highest BCUT2D eigenvalue weighted by Gasteiger charge is 2.01. The number of nitrogens with one attached hydrogen (secondary N) is 1. The maximum Gasteiger partial charge on any atom is 0.181 e. The van der Waals surface area contributed by atoms with E-state index in [9.17, 15) is 0 Å². The molecule has 0 aliphatic rings.